The maximum absolute atomic E-state index is 12.5. The van der Waals surface area contributed by atoms with E-state index in [-0.39, 0.29) is 5.97 Å². The van der Waals surface area contributed by atoms with Gasteiger partial charge >= 0.3 is 5.97 Å². The summed E-state index contributed by atoms with van der Waals surface area (Å²) < 4.78 is 5.46. The molecule has 34 heavy (non-hydrogen) atoms. The van der Waals surface area contributed by atoms with Crippen LogP contribution in [0.2, 0.25) is 0 Å². The fraction of sp³-hybridized carbons (Fsp3) is 0.548. The van der Waals surface area contributed by atoms with Gasteiger partial charge in [0, 0.05) is 0 Å². The van der Waals surface area contributed by atoms with Crippen LogP contribution in [0.15, 0.2) is 48.5 Å². The van der Waals surface area contributed by atoms with Crippen molar-refractivity contribution >= 4 is 5.97 Å². The highest BCUT2D eigenvalue weighted by atomic mass is 16.5. The van der Waals surface area contributed by atoms with Crippen molar-refractivity contribution < 1.29 is 9.53 Å². The Balaban J connectivity index is 1.25. The average Bonchev–Trinajstić information content (AvgIpc) is 2.88. The Labute approximate surface area is 205 Å². The first-order valence-corrected chi connectivity index (χ1v) is 13.5. The highest BCUT2D eigenvalue weighted by molar-refractivity contribution is 5.91. The number of nitrogens with zero attached hydrogens (tertiary/aromatic N) is 1. The summed E-state index contributed by atoms with van der Waals surface area (Å²) in [6.45, 7) is 2.29. The van der Waals surface area contributed by atoms with Gasteiger partial charge in [0.1, 0.15) is 5.75 Å². The van der Waals surface area contributed by atoms with Crippen LogP contribution in [-0.4, -0.2) is 5.97 Å². The van der Waals surface area contributed by atoms with Gasteiger partial charge in [-0.2, -0.15) is 5.26 Å². The predicted molar refractivity (Wildman–Crippen MR) is 137 cm³/mol. The molecule has 0 heterocycles. The second kappa shape index (κ2) is 12.2. The van der Waals surface area contributed by atoms with Crippen LogP contribution in [0.1, 0.15) is 111 Å². The molecule has 4 atom stereocenters. The predicted octanol–water partition coefficient (Wildman–Crippen LogP) is 8.44. The van der Waals surface area contributed by atoms with Gasteiger partial charge in [-0.05, 0) is 97.7 Å². The fourth-order valence-corrected chi connectivity index (χ4v) is 6.24. The zero-order chi connectivity index (χ0) is 23.8. The highest BCUT2D eigenvalue weighted by Gasteiger charge is 2.35. The number of carbonyl (C=O) groups is 1. The van der Waals surface area contributed by atoms with Gasteiger partial charge < -0.3 is 4.74 Å². The fourth-order valence-electron chi connectivity index (χ4n) is 6.24. The molecule has 2 saturated carbocycles. The highest BCUT2D eigenvalue weighted by Crippen LogP contribution is 2.48. The molecule has 0 N–H and O–H groups in total. The molecule has 2 aromatic rings. The molecular formula is C31H39NO2. The molecule has 0 aromatic heterocycles. The van der Waals surface area contributed by atoms with Gasteiger partial charge in [0.2, 0.25) is 0 Å². The minimum absolute atomic E-state index is 0.354. The lowest BCUT2D eigenvalue weighted by atomic mass is 9.63. The van der Waals surface area contributed by atoms with Crippen molar-refractivity contribution in [3.05, 3.63) is 65.2 Å². The number of ether oxygens (including phenoxy) is 1. The third-order valence-electron chi connectivity index (χ3n) is 8.25. The van der Waals surface area contributed by atoms with Crippen LogP contribution in [0.3, 0.4) is 0 Å². The minimum atomic E-state index is -0.354. The molecule has 0 aliphatic heterocycles. The van der Waals surface area contributed by atoms with Gasteiger partial charge in [-0.25, -0.2) is 4.79 Å². The Bertz CT molecular complexity index is 956. The summed E-state index contributed by atoms with van der Waals surface area (Å²) in [4.78, 5) is 12.5. The molecule has 0 amide bonds. The maximum Gasteiger partial charge on any atom is 0.343 e. The van der Waals surface area contributed by atoms with Crippen LogP contribution in [0, 0.1) is 29.1 Å². The van der Waals surface area contributed by atoms with Crippen molar-refractivity contribution in [2.75, 3.05) is 0 Å². The number of rotatable bonds is 9. The molecular weight excluding hydrogens is 418 g/mol. The first-order chi connectivity index (χ1) is 16.7. The molecule has 2 aliphatic rings. The molecule has 0 saturated heterocycles. The van der Waals surface area contributed by atoms with Crippen LogP contribution in [0.5, 0.6) is 5.75 Å². The van der Waals surface area contributed by atoms with Gasteiger partial charge in [0.25, 0.3) is 0 Å². The van der Waals surface area contributed by atoms with Crippen LogP contribution in [0.25, 0.3) is 0 Å². The van der Waals surface area contributed by atoms with Gasteiger partial charge in [-0.15, -0.1) is 0 Å². The monoisotopic (exact) mass is 457 g/mol. The zero-order valence-corrected chi connectivity index (χ0v) is 20.7. The molecule has 3 nitrogen and oxygen atoms in total. The zero-order valence-electron chi connectivity index (χ0n) is 20.7. The van der Waals surface area contributed by atoms with Gasteiger partial charge in [0.15, 0.2) is 0 Å². The number of nitriles is 1. The number of carbonyl (C=O) groups excluding carboxylic acids is 1. The third kappa shape index (κ3) is 6.50. The lowest BCUT2D eigenvalue weighted by Crippen LogP contribution is -2.30. The first-order valence-electron chi connectivity index (χ1n) is 13.5. The van der Waals surface area contributed by atoms with Crippen LogP contribution < -0.4 is 4.74 Å². The van der Waals surface area contributed by atoms with Crippen molar-refractivity contribution in [2.24, 2.45) is 17.8 Å². The van der Waals surface area contributed by atoms with E-state index in [0.29, 0.717) is 22.8 Å². The van der Waals surface area contributed by atoms with Crippen LogP contribution >= 0.6 is 0 Å². The van der Waals surface area contributed by atoms with Crippen molar-refractivity contribution in [1.82, 2.24) is 0 Å². The summed E-state index contributed by atoms with van der Waals surface area (Å²) in [7, 11) is 0. The summed E-state index contributed by atoms with van der Waals surface area (Å²) in [5.41, 5.74) is 2.49. The van der Waals surface area contributed by atoms with Gasteiger partial charge in [-0.3, -0.25) is 0 Å². The number of benzene rings is 2. The number of hydrogen-bond acceptors (Lipinski definition) is 3. The van der Waals surface area contributed by atoms with E-state index in [1.165, 1.54) is 82.6 Å². The lowest BCUT2D eigenvalue weighted by molar-refractivity contribution is 0.0734. The summed E-state index contributed by atoms with van der Waals surface area (Å²) in [5, 5.41) is 8.89. The SMILES string of the molecule is CCCCCCC[C@H]1CC[C@@H]2CC(c3ccc(C(=O)Oc4ccc(C#N)cc4)cc3)CC[C@H]2C1. The Hall–Kier alpha value is -2.60. The topological polar surface area (TPSA) is 50.1 Å². The lowest BCUT2D eigenvalue weighted by Gasteiger charge is -2.42. The smallest absolute Gasteiger partial charge is 0.343 e. The van der Waals surface area contributed by atoms with Crippen molar-refractivity contribution in [3.63, 3.8) is 0 Å². The summed E-state index contributed by atoms with van der Waals surface area (Å²) in [6, 6.07) is 16.8. The largest absolute Gasteiger partial charge is 0.423 e. The summed E-state index contributed by atoms with van der Waals surface area (Å²) >= 11 is 0. The Morgan fingerprint density at radius 3 is 2.32 bits per heavy atom. The molecule has 1 unspecified atom stereocenters. The van der Waals surface area contributed by atoms with E-state index >= 15 is 0 Å². The molecule has 2 aliphatic carbocycles. The molecule has 0 bridgehead atoms. The average molecular weight is 458 g/mol. The number of unbranched alkanes of at least 4 members (excludes halogenated alkanes) is 4. The van der Waals surface area contributed by atoms with E-state index in [2.05, 4.69) is 25.1 Å². The molecule has 2 fully saturated rings. The molecule has 4 rings (SSSR count). The Morgan fingerprint density at radius 2 is 1.59 bits per heavy atom. The Morgan fingerprint density at radius 1 is 0.882 bits per heavy atom. The molecule has 0 radical (unpaired) electrons. The number of fused-ring (bicyclic) bond motifs is 1. The van der Waals surface area contributed by atoms with E-state index in [4.69, 9.17) is 10.00 Å². The molecule has 3 heteroatoms. The van der Waals surface area contributed by atoms with Crippen LogP contribution in [-0.2, 0) is 0 Å². The van der Waals surface area contributed by atoms with Gasteiger partial charge in [0.05, 0.1) is 17.2 Å². The minimum Gasteiger partial charge on any atom is -0.423 e. The third-order valence-corrected chi connectivity index (χ3v) is 8.25. The van der Waals surface area contributed by atoms with E-state index < -0.39 is 0 Å². The van der Waals surface area contributed by atoms with Gasteiger partial charge in [-0.1, -0.05) is 64.0 Å². The van der Waals surface area contributed by atoms with Crippen LogP contribution in [0.4, 0.5) is 0 Å². The molecule has 0 spiro atoms. The first kappa shape index (κ1) is 24.5. The number of esters is 1. The second-order valence-corrected chi connectivity index (χ2v) is 10.6. The molecule has 2 aromatic carbocycles. The maximum atomic E-state index is 12.5. The number of hydrogen-bond donors (Lipinski definition) is 0. The normalized spacial score (nSPS) is 24.1. The standard InChI is InChI=1S/C31H39NO2/c1-2-3-4-5-6-7-23-8-11-29-21-28(17-16-27(29)20-23)25-12-14-26(15-13-25)31(33)34-30-18-9-24(22-32)10-19-30/h9-10,12-15,18-19,23,27-29H,2-8,11,16-17,20-21H2,1H3/t23-,27-,28?,29+/m0/s1. The summed E-state index contributed by atoms with van der Waals surface area (Å²) in [6.07, 6.45) is 16.7. The quantitative estimate of drug-likeness (QED) is 0.216. The van der Waals surface area contributed by atoms with Crippen molar-refractivity contribution in [2.45, 2.75) is 89.9 Å². The van der Waals surface area contributed by atoms with E-state index in [9.17, 15) is 4.79 Å². The van der Waals surface area contributed by atoms with E-state index in [0.717, 1.165) is 17.8 Å². The van der Waals surface area contributed by atoms with E-state index in [1.807, 2.05) is 12.1 Å². The van der Waals surface area contributed by atoms with E-state index in [1.54, 1.807) is 24.3 Å². The Kier molecular flexibility index (Phi) is 8.80. The van der Waals surface area contributed by atoms with Crippen molar-refractivity contribution in [1.29, 1.82) is 5.26 Å². The van der Waals surface area contributed by atoms with Crippen molar-refractivity contribution in [3.8, 4) is 11.8 Å². The summed E-state index contributed by atoms with van der Waals surface area (Å²) in [5.74, 6) is 3.52. The second-order valence-electron chi connectivity index (χ2n) is 10.6. The molecule has 180 valence electrons.